The minimum absolute atomic E-state index is 0.0453. The van der Waals surface area contributed by atoms with Gasteiger partial charge in [-0.2, -0.15) is 5.10 Å². The predicted molar refractivity (Wildman–Crippen MR) is 110 cm³/mol. The number of nitrogens with zero attached hydrogens (tertiary/aromatic N) is 2. The van der Waals surface area contributed by atoms with Gasteiger partial charge in [-0.25, -0.2) is 0 Å². The van der Waals surface area contributed by atoms with Gasteiger partial charge in [0.05, 0.1) is 22.8 Å². The van der Waals surface area contributed by atoms with Crippen molar-refractivity contribution in [1.29, 1.82) is 0 Å². The van der Waals surface area contributed by atoms with Gasteiger partial charge >= 0.3 is 0 Å². The van der Waals surface area contributed by atoms with Gasteiger partial charge in [-0.1, -0.05) is 24.4 Å². The Labute approximate surface area is 167 Å². The van der Waals surface area contributed by atoms with Crippen LogP contribution in [0, 0.1) is 13.8 Å². The summed E-state index contributed by atoms with van der Waals surface area (Å²) in [7, 11) is 0. The first-order valence-electron chi connectivity index (χ1n) is 9.48. The second-order valence-electron chi connectivity index (χ2n) is 7.86. The third-order valence-corrected chi connectivity index (χ3v) is 6.12. The van der Waals surface area contributed by atoms with E-state index in [1.54, 1.807) is 12.3 Å². The molecule has 0 aliphatic heterocycles. The van der Waals surface area contributed by atoms with Crippen LogP contribution >= 0.6 is 11.6 Å². The molecule has 0 saturated heterocycles. The molecule has 1 aliphatic carbocycles. The number of primary amides is 1. The van der Waals surface area contributed by atoms with Crippen LogP contribution in [0.1, 0.15) is 52.9 Å². The molecule has 6 nitrogen and oxygen atoms in total. The fraction of sp³-hybridized carbons (Fsp3) is 0.381. The largest absolute Gasteiger partial charge is 0.366 e. The maximum atomic E-state index is 12.7. The molecule has 0 radical (unpaired) electrons. The van der Waals surface area contributed by atoms with E-state index in [1.807, 2.05) is 30.7 Å². The lowest BCUT2D eigenvalue weighted by Gasteiger charge is -2.31. The van der Waals surface area contributed by atoms with Crippen molar-refractivity contribution in [2.45, 2.75) is 51.5 Å². The Morgan fingerprint density at radius 1 is 1.29 bits per heavy atom. The number of fused-ring (bicyclic) bond motifs is 1. The number of nitrogens with two attached hydrogens (primary N) is 1. The molecule has 1 aliphatic rings. The Bertz CT molecular complexity index is 1140. The van der Waals surface area contributed by atoms with E-state index in [2.05, 4.69) is 10.1 Å². The molecule has 0 bridgehead atoms. The number of carbonyl (C=O) groups is 1. The zero-order chi connectivity index (χ0) is 20.1. The molecule has 1 amide bonds. The lowest BCUT2D eigenvalue weighted by molar-refractivity contribution is 0.100. The maximum absolute atomic E-state index is 12.7. The molecular formula is C21H23ClN4O2. The van der Waals surface area contributed by atoms with Crippen molar-refractivity contribution >= 4 is 28.4 Å². The zero-order valence-electron chi connectivity index (χ0n) is 16.0. The Morgan fingerprint density at radius 3 is 2.64 bits per heavy atom. The fourth-order valence-corrected chi connectivity index (χ4v) is 4.81. The summed E-state index contributed by atoms with van der Waals surface area (Å²) >= 11 is 6.27. The zero-order valence-corrected chi connectivity index (χ0v) is 16.8. The Morgan fingerprint density at radius 2 is 2.00 bits per heavy atom. The van der Waals surface area contributed by atoms with Crippen LogP contribution < -0.4 is 11.3 Å². The van der Waals surface area contributed by atoms with E-state index in [9.17, 15) is 9.59 Å². The number of halogens is 1. The molecule has 2 aromatic heterocycles. The van der Waals surface area contributed by atoms with Crippen molar-refractivity contribution in [3.63, 3.8) is 0 Å². The first-order chi connectivity index (χ1) is 13.3. The normalized spacial score (nSPS) is 16.0. The summed E-state index contributed by atoms with van der Waals surface area (Å²) in [5.41, 5.74) is 8.95. The fourth-order valence-electron chi connectivity index (χ4n) is 4.60. The van der Waals surface area contributed by atoms with E-state index < -0.39 is 5.91 Å². The number of benzene rings is 1. The van der Waals surface area contributed by atoms with E-state index in [0.717, 1.165) is 48.0 Å². The number of hydrogen-bond donors (Lipinski definition) is 2. The van der Waals surface area contributed by atoms with E-state index in [1.165, 1.54) is 0 Å². The summed E-state index contributed by atoms with van der Waals surface area (Å²) < 4.78 is 1.96. The van der Waals surface area contributed by atoms with Crippen molar-refractivity contribution in [1.82, 2.24) is 14.8 Å². The minimum atomic E-state index is -0.529. The summed E-state index contributed by atoms with van der Waals surface area (Å²) in [6.07, 6.45) is 6.21. The molecule has 2 heterocycles. The van der Waals surface area contributed by atoms with Crippen LogP contribution in [0.2, 0.25) is 5.02 Å². The van der Waals surface area contributed by atoms with Gasteiger partial charge in [0.1, 0.15) is 0 Å². The Kier molecular flexibility index (Phi) is 4.54. The molecule has 1 saturated carbocycles. The highest BCUT2D eigenvalue weighted by atomic mass is 35.5. The first kappa shape index (κ1) is 18.7. The number of aromatic nitrogens is 3. The topological polar surface area (TPSA) is 93.8 Å². The number of rotatable bonds is 4. The molecule has 0 spiro atoms. The third-order valence-electron chi connectivity index (χ3n) is 5.90. The van der Waals surface area contributed by atoms with Crippen LogP contribution in [0.4, 0.5) is 0 Å². The van der Waals surface area contributed by atoms with Crippen molar-refractivity contribution in [3.8, 4) is 0 Å². The highest BCUT2D eigenvalue weighted by Gasteiger charge is 2.39. The summed E-state index contributed by atoms with van der Waals surface area (Å²) in [4.78, 5) is 27.4. The van der Waals surface area contributed by atoms with Crippen LogP contribution in [-0.4, -0.2) is 20.7 Å². The van der Waals surface area contributed by atoms with Gasteiger partial charge in [0.15, 0.2) is 0 Å². The van der Waals surface area contributed by atoms with E-state index in [-0.39, 0.29) is 11.1 Å². The van der Waals surface area contributed by atoms with Gasteiger partial charge in [-0.05, 0) is 50.5 Å². The monoisotopic (exact) mass is 398 g/mol. The van der Waals surface area contributed by atoms with Gasteiger partial charge < -0.3 is 10.7 Å². The summed E-state index contributed by atoms with van der Waals surface area (Å²) in [5, 5.41) is 5.78. The summed E-state index contributed by atoms with van der Waals surface area (Å²) in [6.45, 7) is 3.86. The SMILES string of the molecule is Cc1cc(C)c(CC2(n3ncc4c(C(N)=O)cc(Cl)cc43)CCCC2)c(=O)[nH]1. The quantitative estimate of drug-likeness (QED) is 0.702. The maximum Gasteiger partial charge on any atom is 0.251 e. The standard InChI is InChI=1S/C21H23ClN4O2/c1-12-7-13(2)25-20(28)16(12)10-21(5-3-4-6-21)26-18-9-14(22)8-15(19(23)27)17(18)11-24-26/h7-9,11H,3-6,10H2,1-2H3,(H2,23,27)(H,25,28). The number of H-pyrrole nitrogens is 1. The van der Waals surface area contributed by atoms with Crippen LogP contribution in [0.15, 0.2) is 29.2 Å². The molecule has 0 unspecified atom stereocenters. The van der Waals surface area contributed by atoms with E-state index in [0.29, 0.717) is 22.4 Å². The minimum Gasteiger partial charge on any atom is -0.366 e. The van der Waals surface area contributed by atoms with Crippen molar-refractivity contribution in [2.24, 2.45) is 5.73 Å². The van der Waals surface area contributed by atoms with E-state index in [4.69, 9.17) is 17.3 Å². The average molecular weight is 399 g/mol. The summed E-state index contributed by atoms with van der Waals surface area (Å²) in [5.74, 6) is -0.529. The van der Waals surface area contributed by atoms with Crippen LogP contribution in [-0.2, 0) is 12.0 Å². The van der Waals surface area contributed by atoms with Gasteiger partial charge in [0.25, 0.3) is 5.56 Å². The van der Waals surface area contributed by atoms with Crippen LogP contribution in [0.25, 0.3) is 10.9 Å². The molecule has 3 aromatic rings. The molecule has 3 N–H and O–H groups in total. The van der Waals surface area contributed by atoms with E-state index >= 15 is 0 Å². The number of amides is 1. The van der Waals surface area contributed by atoms with Crippen molar-refractivity contribution < 1.29 is 4.79 Å². The second-order valence-corrected chi connectivity index (χ2v) is 8.29. The molecule has 7 heteroatoms. The number of nitrogens with one attached hydrogen (secondary N) is 1. The molecule has 4 rings (SSSR count). The van der Waals surface area contributed by atoms with Gasteiger partial charge in [-0.15, -0.1) is 0 Å². The van der Waals surface area contributed by atoms with Crippen molar-refractivity contribution in [2.75, 3.05) is 0 Å². The second kappa shape index (κ2) is 6.78. The van der Waals surface area contributed by atoms with Crippen molar-refractivity contribution in [3.05, 3.63) is 62.2 Å². The number of carbonyl (C=O) groups excluding carboxylic acids is 1. The van der Waals surface area contributed by atoms with Gasteiger partial charge in [0, 0.05) is 28.1 Å². The van der Waals surface area contributed by atoms with Gasteiger partial charge in [0.2, 0.25) is 5.91 Å². The molecule has 146 valence electrons. The van der Waals surface area contributed by atoms with Crippen LogP contribution in [0.5, 0.6) is 0 Å². The predicted octanol–water partition coefficient (Wildman–Crippen LogP) is 3.61. The van der Waals surface area contributed by atoms with Gasteiger partial charge in [-0.3, -0.25) is 14.3 Å². The molecular weight excluding hydrogens is 376 g/mol. The lowest BCUT2D eigenvalue weighted by Crippen LogP contribution is -2.36. The third kappa shape index (κ3) is 3.02. The Balaban J connectivity index is 1.90. The lowest BCUT2D eigenvalue weighted by atomic mass is 9.87. The number of aryl methyl sites for hydroxylation is 2. The summed E-state index contributed by atoms with van der Waals surface area (Å²) in [6, 6.07) is 5.40. The average Bonchev–Trinajstić information content (AvgIpc) is 3.24. The number of pyridine rings is 1. The number of hydrogen-bond acceptors (Lipinski definition) is 3. The molecule has 0 atom stereocenters. The van der Waals surface area contributed by atoms with Crippen LogP contribution in [0.3, 0.4) is 0 Å². The highest BCUT2D eigenvalue weighted by molar-refractivity contribution is 6.32. The molecule has 1 aromatic carbocycles. The molecule has 1 fully saturated rings. The first-order valence-corrected chi connectivity index (χ1v) is 9.85. The number of aromatic amines is 1. The highest BCUT2D eigenvalue weighted by Crippen LogP contribution is 2.41. The molecule has 28 heavy (non-hydrogen) atoms. The smallest absolute Gasteiger partial charge is 0.251 e. The Hall–Kier alpha value is -2.60.